The summed E-state index contributed by atoms with van der Waals surface area (Å²) in [6.07, 6.45) is 2.95. The maximum Gasteiger partial charge on any atom is 3.00 e. The smallest absolute Gasteiger partial charge is 0.810 e. The molecule has 0 radical (unpaired) electrons. The van der Waals surface area contributed by atoms with Crippen molar-refractivity contribution < 1.29 is 20.1 Å². The van der Waals surface area contributed by atoms with Crippen LogP contribution < -0.4 is 0 Å². The van der Waals surface area contributed by atoms with Crippen molar-refractivity contribution >= 4 is 28.4 Å². The van der Waals surface area contributed by atoms with Crippen LogP contribution in [0.2, 0.25) is 0 Å². The fourth-order valence-electron chi connectivity index (χ4n) is 4.25. The third-order valence-electron chi connectivity index (χ3n) is 6.27. The van der Waals surface area contributed by atoms with E-state index in [9.17, 15) is 5.41 Å². The van der Waals surface area contributed by atoms with Crippen LogP contribution in [0.25, 0.3) is 38.6 Å². The molecule has 5 aromatic carbocycles. The summed E-state index contributed by atoms with van der Waals surface area (Å²) in [6, 6.07) is 48.4. The van der Waals surface area contributed by atoms with E-state index in [1.807, 2.05) is 122 Å². The number of hydrogen-bond acceptors (Lipinski definition) is 2. The first-order chi connectivity index (χ1) is 19.2. The molecule has 0 fully saturated rings. The number of pyridine rings is 1. The average Bonchev–Trinajstić information content (AvgIpc) is 3.02. The van der Waals surface area contributed by atoms with Gasteiger partial charge in [0.2, 0.25) is 0 Å². The van der Waals surface area contributed by atoms with E-state index >= 15 is 0 Å². The predicted octanol–water partition coefficient (Wildman–Crippen LogP) is 8.98. The van der Waals surface area contributed by atoms with Gasteiger partial charge in [0.25, 0.3) is 0 Å². The fourth-order valence-corrected chi connectivity index (χ4v) is 4.25. The maximum absolute atomic E-state index is 9.46. The molecule has 0 bridgehead atoms. The van der Waals surface area contributed by atoms with Crippen LogP contribution in [0.3, 0.4) is 0 Å². The standard InChI is InChI=1S/C19H14N2.C17H12N.Ir/c1-14(15-7-3-2-4-8-15)21-19-12-17-10-6-5-9-16(17)11-18(19)13-20;1-3-7-14(8-4-1)16-11-12-18-17(13-16)15-9-5-2-6-10-15;/h2-7,9-13H,1H3;1-9,11-13H;/q-2;-1;+3. The molecular weight excluding hydrogens is 667 g/mol. The summed E-state index contributed by atoms with van der Waals surface area (Å²) in [4.78, 5) is 9.05. The van der Waals surface area contributed by atoms with E-state index in [0.717, 1.165) is 45.2 Å². The van der Waals surface area contributed by atoms with Gasteiger partial charge in [0.15, 0.2) is 0 Å². The molecule has 0 saturated heterocycles. The number of fused-ring (bicyclic) bond motifs is 1. The van der Waals surface area contributed by atoms with Crippen LogP contribution in [0, 0.1) is 12.1 Å². The summed E-state index contributed by atoms with van der Waals surface area (Å²) in [7, 11) is 0. The Morgan fingerprint density at radius 3 is 2.08 bits per heavy atom. The van der Waals surface area contributed by atoms with Crippen LogP contribution in [0.5, 0.6) is 0 Å². The van der Waals surface area contributed by atoms with Crippen LogP contribution in [-0.4, -0.2) is 16.9 Å². The second-order valence-electron chi connectivity index (χ2n) is 8.93. The first-order valence-corrected chi connectivity index (χ1v) is 12.7. The molecule has 0 saturated carbocycles. The summed E-state index contributed by atoms with van der Waals surface area (Å²) in [6.45, 7) is 1.95. The summed E-state index contributed by atoms with van der Waals surface area (Å²) in [5.74, 6) is 0. The summed E-state index contributed by atoms with van der Waals surface area (Å²) < 4.78 is 0. The van der Waals surface area contributed by atoms with Gasteiger partial charge in [-0.3, -0.25) is 0 Å². The minimum Gasteiger partial charge on any atom is -0.810 e. The number of rotatable bonds is 5. The topological polar surface area (TPSA) is 47.5 Å². The van der Waals surface area contributed by atoms with Gasteiger partial charge < -0.3 is 15.4 Å². The minimum absolute atomic E-state index is 0. The van der Waals surface area contributed by atoms with E-state index in [4.69, 9.17) is 0 Å². The Balaban J connectivity index is 0.000000182. The van der Waals surface area contributed by atoms with Gasteiger partial charge in [0.05, 0.1) is 5.69 Å². The van der Waals surface area contributed by atoms with Crippen molar-refractivity contribution in [1.82, 2.24) is 4.98 Å². The Morgan fingerprint density at radius 2 is 1.40 bits per heavy atom. The molecule has 0 N–H and O–H groups in total. The van der Waals surface area contributed by atoms with E-state index in [0.29, 0.717) is 5.56 Å². The van der Waals surface area contributed by atoms with Gasteiger partial charge in [-0.25, -0.2) is 0 Å². The molecule has 0 aliphatic rings. The molecule has 40 heavy (non-hydrogen) atoms. The van der Waals surface area contributed by atoms with Crippen molar-refractivity contribution in [3.8, 4) is 22.4 Å². The molecule has 3 nitrogen and oxygen atoms in total. The first kappa shape index (κ1) is 28.5. The van der Waals surface area contributed by atoms with Crippen molar-refractivity contribution in [3.63, 3.8) is 0 Å². The summed E-state index contributed by atoms with van der Waals surface area (Å²) in [5, 5.41) is 11.6. The summed E-state index contributed by atoms with van der Waals surface area (Å²) >= 11 is 0. The van der Waals surface area contributed by atoms with E-state index in [-0.39, 0.29) is 20.1 Å². The van der Waals surface area contributed by atoms with Gasteiger partial charge in [-0.1, -0.05) is 67.6 Å². The Hall–Kier alpha value is -4.50. The van der Waals surface area contributed by atoms with Crippen molar-refractivity contribution in [2.75, 3.05) is 0 Å². The molecule has 0 atom stereocenters. The molecule has 0 aliphatic heterocycles. The number of aromatic nitrogens is 1. The van der Waals surface area contributed by atoms with Crippen molar-refractivity contribution in [2.24, 2.45) is 4.99 Å². The van der Waals surface area contributed by atoms with Crippen LogP contribution in [-0.2, 0) is 20.1 Å². The zero-order valence-corrected chi connectivity index (χ0v) is 24.3. The molecule has 0 aliphatic carbocycles. The first-order valence-electron chi connectivity index (χ1n) is 12.7. The Labute approximate surface area is 249 Å². The van der Waals surface area contributed by atoms with Gasteiger partial charge >= 0.3 is 20.1 Å². The molecule has 6 rings (SSSR count). The number of hydrogen-bond donors (Lipinski definition) is 0. The van der Waals surface area contributed by atoms with Crippen LogP contribution in [0.15, 0.2) is 139 Å². The molecule has 4 heteroatoms. The van der Waals surface area contributed by atoms with Crippen LogP contribution in [0.1, 0.15) is 18.1 Å². The van der Waals surface area contributed by atoms with Crippen LogP contribution in [0.4, 0.5) is 5.69 Å². The Bertz CT molecular complexity index is 1660. The fraction of sp³-hybridized carbons (Fsp3) is 0.0278. The van der Waals surface area contributed by atoms with Gasteiger partial charge in [-0.05, 0) is 57.1 Å². The largest absolute Gasteiger partial charge is 3.00 e. The average molecular weight is 693 g/mol. The number of aliphatic imine (C=N–C) groups is 1. The quantitative estimate of drug-likeness (QED) is 0.132. The number of nitrogens with zero attached hydrogens (tertiary/aromatic N) is 3. The predicted molar refractivity (Wildman–Crippen MR) is 164 cm³/mol. The molecule has 0 spiro atoms. The monoisotopic (exact) mass is 693 g/mol. The molecule has 194 valence electrons. The van der Waals surface area contributed by atoms with E-state index < -0.39 is 0 Å². The molecular formula is C36H26IrN3. The molecule has 1 heterocycles. The third kappa shape index (κ3) is 7.12. The molecule has 1 aromatic heterocycles. The van der Waals surface area contributed by atoms with E-state index in [1.54, 1.807) is 0 Å². The van der Waals surface area contributed by atoms with Gasteiger partial charge in [0, 0.05) is 6.20 Å². The zero-order valence-electron chi connectivity index (χ0n) is 22.0. The van der Waals surface area contributed by atoms with Crippen molar-refractivity contribution in [2.45, 2.75) is 6.92 Å². The Kier molecular flexibility index (Phi) is 10.0. The maximum atomic E-state index is 9.46. The van der Waals surface area contributed by atoms with E-state index in [1.165, 1.54) is 11.1 Å². The van der Waals surface area contributed by atoms with Crippen molar-refractivity contribution in [1.29, 1.82) is 0 Å². The minimum atomic E-state index is 0. The van der Waals surface area contributed by atoms with Crippen molar-refractivity contribution in [3.05, 3.63) is 162 Å². The second kappa shape index (κ2) is 14.0. The molecule has 6 aromatic rings. The third-order valence-corrected chi connectivity index (χ3v) is 6.27. The van der Waals surface area contributed by atoms with Gasteiger partial charge in [-0.15, -0.1) is 71.8 Å². The SMILES string of the molecule is CC(=Nc1cc2ccccc2cc1C=[N-])c1[c-]cccc1.[Ir+3].[c-]1ccccc1-c1cc(-c2ccccc2)ccn1. The molecule has 0 amide bonds. The zero-order chi connectivity index (χ0) is 26.9. The summed E-state index contributed by atoms with van der Waals surface area (Å²) in [5.41, 5.74) is 7.65. The van der Waals surface area contributed by atoms with Gasteiger partial charge in [-0.2, -0.15) is 6.21 Å². The van der Waals surface area contributed by atoms with E-state index in [2.05, 4.69) is 40.3 Å². The van der Waals surface area contributed by atoms with Gasteiger partial charge in [0.1, 0.15) is 0 Å². The second-order valence-corrected chi connectivity index (χ2v) is 8.93. The normalized spacial score (nSPS) is 10.7. The van der Waals surface area contributed by atoms with Crippen LogP contribution >= 0.6 is 0 Å². The molecule has 0 unspecified atom stereocenters. The number of benzene rings is 5. The Morgan fingerprint density at radius 1 is 0.725 bits per heavy atom.